The highest BCUT2D eigenvalue weighted by atomic mass is 32.2. The van der Waals surface area contributed by atoms with Crippen molar-refractivity contribution in [2.24, 2.45) is 0 Å². The van der Waals surface area contributed by atoms with Gasteiger partial charge < -0.3 is 20.9 Å². The number of aryl methyl sites for hydroxylation is 1. The molecule has 0 spiro atoms. The van der Waals surface area contributed by atoms with Gasteiger partial charge in [0.05, 0.1) is 34.1 Å². The predicted molar refractivity (Wildman–Crippen MR) is 116 cm³/mol. The van der Waals surface area contributed by atoms with E-state index in [0.717, 1.165) is 31.4 Å². The number of carbonyl (C=O) groups is 2. The number of carbonyl (C=O) groups excluding carboxylic acids is 1. The van der Waals surface area contributed by atoms with Crippen LogP contribution in [-0.2, 0) is 4.79 Å². The first-order valence-electron chi connectivity index (χ1n) is 9.86. The number of pyridine rings is 1. The molecule has 1 saturated carbocycles. The van der Waals surface area contributed by atoms with Crippen LogP contribution >= 0.6 is 11.8 Å². The van der Waals surface area contributed by atoms with Crippen molar-refractivity contribution >= 4 is 40.2 Å². The number of nitrogens with zero attached hydrogens (tertiary/aromatic N) is 1. The Morgan fingerprint density at radius 1 is 1.31 bits per heavy atom. The Balaban J connectivity index is 1.71. The summed E-state index contributed by atoms with van der Waals surface area (Å²) in [5, 5.41) is 13.1. The lowest BCUT2D eigenvalue weighted by Crippen LogP contribution is -2.40. The topological polar surface area (TPSA) is 115 Å². The van der Waals surface area contributed by atoms with Crippen LogP contribution < -0.4 is 15.8 Å². The number of carboxylic acid groups (broad SMARTS) is 1. The quantitative estimate of drug-likeness (QED) is 0.632. The van der Waals surface area contributed by atoms with Crippen molar-refractivity contribution in [3.63, 3.8) is 0 Å². The Morgan fingerprint density at radius 3 is 2.69 bits per heavy atom. The number of ether oxygens (including phenoxy) is 1. The van der Waals surface area contributed by atoms with Crippen LogP contribution in [-0.4, -0.2) is 45.6 Å². The van der Waals surface area contributed by atoms with Crippen molar-refractivity contribution in [3.8, 4) is 5.75 Å². The summed E-state index contributed by atoms with van der Waals surface area (Å²) in [6.45, 7) is 3.68. The summed E-state index contributed by atoms with van der Waals surface area (Å²) in [5.74, 6) is 0.981. The first-order chi connectivity index (χ1) is 13.9. The third-order valence-corrected chi connectivity index (χ3v) is 6.05. The molecule has 8 heteroatoms. The fourth-order valence-corrected chi connectivity index (χ4v) is 4.25. The molecule has 29 heavy (non-hydrogen) atoms. The van der Waals surface area contributed by atoms with E-state index in [1.807, 2.05) is 13.0 Å². The molecule has 156 valence electrons. The van der Waals surface area contributed by atoms with Crippen LogP contribution in [0.25, 0.3) is 10.9 Å². The molecule has 1 aromatic carbocycles. The van der Waals surface area contributed by atoms with Gasteiger partial charge in [0.15, 0.2) is 0 Å². The van der Waals surface area contributed by atoms with Crippen molar-refractivity contribution in [2.75, 3.05) is 17.2 Å². The number of anilines is 1. The predicted octanol–water partition coefficient (Wildman–Crippen LogP) is 3.38. The number of hydrogen-bond acceptors (Lipinski definition) is 6. The van der Waals surface area contributed by atoms with Crippen molar-refractivity contribution in [3.05, 3.63) is 29.5 Å². The summed E-state index contributed by atoms with van der Waals surface area (Å²) in [5.41, 5.74) is 7.41. The number of amides is 1. The van der Waals surface area contributed by atoms with Gasteiger partial charge in [-0.1, -0.05) is 13.0 Å². The average molecular weight is 418 g/mol. The van der Waals surface area contributed by atoms with Gasteiger partial charge in [-0.15, -0.1) is 0 Å². The number of nitrogen functional groups attached to an aromatic ring is 1. The van der Waals surface area contributed by atoms with Crippen molar-refractivity contribution in [2.45, 2.75) is 51.7 Å². The fraction of sp³-hybridized carbons (Fsp3) is 0.476. The minimum atomic E-state index is -1.10. The highest BCUT2D eigenvalue weighted by molar-refractivity contribution is 7.99. The largest absolute Gasteiger partial charge is 0.490 e. The Hall–Kier alpha value is -2.48. The molecule has 2 aromatic rings. The minimum Gasteiger partial charge on any atom is -0.490 e. The van der Waals surface area contributed by atoms with Crippen molar-refractivity contribution in [1.82, 2.24) is 10.3 Å². The zero-order chi connectivity index (χ0) is 21.0. The molecule has 3 rings (SSSR count). The number of aromatic carboxylic acids is 1. The Bertz CT molecular complexity index is 910. The van der Waals surface area contributed by atoms with Gasteiger partial charge >= 0.3 is 5.97 Å². The zero-order valence-corrected chi connectivity index (χ0v) is 17.6. The van der Waals surface area contributed by atoms with E-state index in [0.29, 0.717) is 28.1 Å². The third kappa shape index (κ3) is 4.93. The lowest BCUT2D eigenvalue weighted by atomic mass is 9.93. The van der Waals surface area contributed by atoms with Gasteiger partial charge in [-0.05, 0) is 50.5 Å². The van der Waals surface area contributed by atoms with Gasteiger partial charge in [-0.2, -0.15) is 11.8 Å². The van der Waals surface area contributed by atoms with E-state index in [1.165, 1.54) is 0 Å². The maximum Gasteiger partial charge on any atom is 0.339 e. The zero-order valence-electron chi connectivity index (χ0n) is 16.7. The first-order valence-corrected chi connectivity index (χ1v) is 11.0. The molecule has 4 N–H and O–H groups in total. The SMILES string of the molecule is CCSCC(=O)N[C@H]1CC[C@H](Oc2cccc3nc(C)c(C(=O)O)c(N)c23)CC1. The molecule has 1 heterocycles. The third-order valence-electron chi connectivity index (χ3n) is 5.18. The van der Waals surface area contributed by atoms with Crippen molar-refractivity contribution in [1.29, 1.82) is 0 Å². The van der Waals surface area contributed by atoms with Crippen molar-refractivity contribution < 1.29 is 19.4 Å². The monoisotopic (exact) mass is 417 g/mol. The summed E-state index contributed by atoms with van der Waals surface area (Å²) < 4.78 is 6.21. The molecule has 0 atom stereocenters. The number of rotatable bonds is 7. The minimum absolute atomic E-state index is 0.00671. The van der Waals surface area contributed by atoms with Gasteiger partial charge in [0, 0.05) is 6.04 Å². The maximum absolute atomic E-state index is 11.9. The number of nitrogens with one attached hydrogen (secondary N) is 1. The van der Waals surface area contributed by atoms with Gasteiger partial charge in [-0.3, -0.25) is 9.78 Å². The van der Waals surface area contributed by atoms with Crippen LogP contribution in [0.2, 0.25) is 0 Å². The Morgan fingerprint density at radius 2 is 2.03 bits per heavy atom. The molecular weight excluding hydrogens is 390 g/mol. The molecule has 0 aliphatic heterocycles. The van der Waals surface area contributed by atoms with E-state index in [-0.39, 0.29) is 29.3 Å². The van der Waals surface area contributed by atoms with E-state index in [2.05, 4.69) is 10.3 Å². The van der Waals surface area contributed by atoms with Crippen LogP contribution in [0.4, 0.5) is 5.69 Å². The van der Waals surface area contributed by atoms with E-state index in [9.17, 15) is 14.7 Å². The van der Waals surface area contributed by atoms with Crippen LogP contribution in [0.15, 0.2) is 18.2 Å². The van der Waals surface area contributed by atoms with Gasteiger partial charge in [0.25, 0.3) is 0 Å². The number of fused-ring (bicyclic) bond motifs is 1. The summed E-state index contributed by atoms with van der Waals surface area (Å²) in [7, 11) is 0. The van der Waals surface area contributed by atoms with Crippen LogP contribution in [0.1, 0.15) is 48.7 Å². The lowest BCUT2D eigenvalue weighted by Gasteiger charge is -2.30. The number of thioether (sulfide) groups is 1. The number of nitrogens with two attached hydrogens (primary N) is 1. The van der Waals surface area contributed by atoms with E-state index < -0.39 is 5.97 Å². The van der Waals surface area contributed by atoms with E-state index in [4.69, 9.17) is 10.5 Å². The van der Waals surface area contributed by atoms with Crippen LogP contribution in [0.3, 0.4) is 0 Å². The maximum atomic E-state index is 11.9. The molecule has 0 saturated heterocycles. The normalized spacial score (nSPS) is 19.1. The number of aromatic nitrogens is 1. The molecule has 0 bridgehead atoms. The molecule has 1 aliphatic rings. The lowest BCUT2D eigenvalue weighted by molar-refractivity contribution is -0.119. The molecule has 0 unspecified atom stereocenters. The summed E-state index contributed by atoms with van der Waals surface area (Å²) >= 11 is 1.62. The van der Waals surface area contributed by atoms with Gasteiger partial charge in [0.1, 0.15) is 11.3 Å². The Labute approximate surface area is 174 Å². The molecule has 1 aromatic heterocycles. The summed E-state index contributed by atoms with van der Waals surface area (Å²) in [6.07, 6.45) is 3.32. The van der Waals surface area contributed by atoms with E-state index in [1.54, 1.807) is 30.8 Å². The first kappa shape index (κ1) is 21.2. The van der Waals surface area contributed by atoms with E-state index >= 15 is 0 Å². The summed E-state index contributed by atoms with van der Waals surface area (Å²) in [6, 6.07) is 5.62. The molecular formula is C21H27N3O4S. The molecule has 1 amide bonds. The smallest absolute Gasteiger partial charge is 0.339 e. The van der Waals surface area contributed by atoms with Gasteiger partial charge in [-0.25, -0.2) is 4.79 Å². The molecule has 7 nitrogen and oxygen atoms in total. The summed E-state index contributed by atoms with van der Waals surface area (Å²) in [4.78, 5) is 27.9. The molecule has 0 radical (unpaired) electrons. The number of benzene rings is 1. The fourth-order valence-electron chi connectivity index (χ4n) is 3.78. The van der Waals surface area contributed by atoms with Gasteiger partial charge in [0.2, 0.25) is 5.91 Å². The second kappa shape index (κ2) is 9.35. The standard InChI is InChI=1S/C21H27N3O4S/c1-3-29-11-17(25)24-13-7-9-14(10-8-13)28-16-6-4-5-15-19(16)20(22)18(21(26)27)12(2)23-15/h4-6,13-14H,3,7-11H2,1-2H3,(H2,22,23)(H,24,25)(H,26,27)/t13-,14-. The highest BCUT2D eigenvalue weighted by Gasteiger charge is 2.25. The highest BCUT2D eigenvalue weighted by Crippen LogP contribution is 2.35. The number of hydrogen-bond donors (Lipinski definition) is 3. The molecule has 1 aliphatic carbocycles. The second-order valence-corrected chi connectivity index (χ2v) is 8.51. The van der Waals surface area contributed by atoms with Crippen LogP contribution in [0, 0.1) is 6.92 Å². The second-order valence-electron chi connectivity index (χ2n) is 7.24. The molecule has 1 fully saturated rings. The van der Waals surface area contributed by atoms with Crippen LogP contribution in [0.5, 0.6) is 5.75 Å². The number of carboxylic acids is 1. The average Bonchev–Trinajstić information content (AvgIpc) is 2.67. The Kier molecular flexibility index (Phi) is 6.84.